The molecule has 1 unspecified atom stereocenters. The van der Waals surface area contributed by atoms with Gasteiger partial charge in [0, 0.05) is 13.6 Å². The van der Waals surface area contributed by atoms with E-state index in [1.54, 1.807) is 18.9 Å². The van der Waals surface area contributed by atoms with Crippen molar-refractivity contribution in [3.8, 4) is 12.1 Å². The standard InChI is InChI=1S/C14H21N3O/c1-12(9-15)10-17(2)13(18)14(11-16)7-5-3-4-6-8-14/h12H,3-8,10H2,1-2H3. The van der Waals surface area contributed by atoms with Crippen LogP contribution in [0.15, 0.2) is 0 Å². The van der Waals surface area contributed by atoms with Crippen molar-refractivity contribution < 1.29 is 4.79 Å². The van der Waals surface area contributed by atoms with Crippen LogP contribution < -0.4 is 0 Å². The van der Waals surface area contributed by atoms with Gasteiger partial charge in [-0.1, -0.05) is 25.7 Å². The van der Waals surface area contributed by atoms with E-state index < -0.39 is 5.41 Å². The zero-order valence-electron chi connectivity index (χ0n) is 11.3. The van der Waals surface area contributed by atoms with Crippen molar-refractivity contribution in [3.05, 3.63) is 0 Å². The van der Waals surface area contributed by atoms with Crippen LogP contribution >= 0.6 is 0 Å². The second kappa shape index (κ2) is 6.40. The van der Waals surface area contributed by atoms with Crippen LogP contribution in [0.4, 0.5) is 0 Å². The summed E-state index contributed by atoms with van der Waals surface area (Å²) >= 11 is 0. The molecule has 1 rings (SSSR count). The van der Waals surface area contributed by atoms with E-state index in [9.17, 15) is 10.1 Å². The van der Waals surface area contributed by atoms with E-state index in [0.717, 1.165) is 25.7 Å². The van der Waals surface area contributed by atoms with Gasteiger partial charge in [0.1, 0.15) is 5.41 Å². The van der Waals surface area contributed by atoms with E-state index >= 15 is 0 Å². The summed E-state index contributed by atoms with van der Waals surface area (Å²) in [6, 6.07) is 4.37. The number of hydrogen-bond donors (Lipinski definition) is 0. The molecule has 1 aliphatic rings. The highest BCUT2D eigenvalue weighted by Crippen LogP contribution is 2.36. The number of carbonyl (C=O) groups excluding carboxylic acids is 1. The maximum Gasteiger partial charge on any atom is 0.242 e. The van der Waals surface area contributed by atoms with Gasteiger partial charge in [0.05, 0.1) is 18.1 Å². The average molecular weight is 247 g/mol. The lowest BCUT2D eigenvalue weighted by atomic mass is 9.80. The number of nitriles is 2. The predicted molar refractivity (Wildman–Crippen MR) is 68.2 cm³/mol. The van der Waals surface area contributed by atoms with Crippen LogP contribution in [0.25, 0.3) is 0 Å². The monoisotopic (exact) mass is 247 g/mol. The molecule has 1 saturated carbocycles. The van der Waals surface area contributed by atoms with Crippen molar-refractivity contribution in [2.75, 3.05) is 13.6 Å². The molecule has 0 aromatic carbocycles. The van der Waals surface area contributed by atoms with Crippen molar-refractivity contribution in [2.45, 2.75) is 45.4 Å². The highest BCUT2D eigenvalue weighted by Gasteiger charge is 2.40. The summed E-state index contributed by atoms with van der Waals surface area (Å²) in [5.41, 5.74) is -0.847. The Morgan fingerprint density at radius 2 is 1.83 bits per heavy atom. The predicted octanol–water partition coefficient (Wildman–Crippen LogP) is 2.47. The summed E-state index contributed by atoms with van der Waals surface area (Å²) in [5, 5.41) is 18.2. The maximum atomic E-state index is 12.4. The molecule has 0 saturated heterocycles. The second-order valence-electron chi connectivity index (χ2n) is 5.32. The molecular formula is C14H21N3O. The molecule has 1 aliphatic carbocycles. The number of amides is 1. The Bertz CT molecular complexity index is 369. The zero-order chi connectivity index (χ0) is 13.6. The topological polar surface area (TPSA) is 67.9 Å². The normalized spacial score (nSPS) is 20.0. The van der Waals surface area contributed by atoms with Gasteiger partial charge in [-0.2, -0.15) is 10.5 Å². The lowest BCUT2D eigenvalue weighted by Gasteiger charge is -2.29. The lowest BCUT2D eigenvalue weighted by Crippen LogP contribution is -2.42. The molecule has 4 heteroatoms. The molecular weight excluding hydrogens is 226 g/mol. The van der Waals surface area contributed by atoms with Gasteiger partial charge in [-0.15, -0.1) is 0 Å². The van der Waals surface area contributed by atoms with Crippen LogP contribution in [0.1, 0.15) is 45.4 Å². The van der Waals surface area contributed by atoms with Crippen LogP contribution in [0.3, 0.4) is 0 Å². The van der Waals surface area contributed by atoms with Crippen molar-refractivity contribution in [3.63, 3.8) is 0 Å². The molecule has 0 heterocycles. The summed E-state index contributed by atoms with van der Waals surface area (Å²) in [7, 11) is 1.69. The SMILES string of the molecule is CC(C#N)CN(C)C(=O)C1(C#N)CCCCCC1. The van der Waals surface area contributed by atoms with Gasteiger partial charge in [0.2, 0.25) is 5.91 Å². The molecule has 98 valence electrons. The van der Waals surface area contributed by atoms with Crippen molar-refractivity contribution in [2.24, 2.45) is 11.3 Å². The minimum Gasteiger partial charge on any atom is -0.343 e. The summed E-state index contributed by atoms with van der Waals surface area (Å²) in [5.74, 6) is -0.297. The first-order valence-corrected chi connectivity index (χ1v) is 6.62. The minimum absolute atomic E-state index is 0.103. The van der Waals surface area contributed by atoms with E-state index in [2.05, 4.69) is 12.1 Å². The maximum absolute atomic E-state index is 12.4. The quantitative estimate of drug-likeness (QED) is 0.719. The fourth-order valence-electron chi connectivity index (χ4n) is 2.61. The third-order valence-electron chi connectivity index (χ3n) is 3.70. The molecule has 0 spiro atoms. The molecule has 0 aromatic heterocycles. The Labute approximate surface area is 109 Å². The van der Waals surface area contributed by atoms with Gasteiger partial charge in [-0.3, -0.25) is 4.79 Å². The molecule has 1 fully saturated rings. The van der Waals surface area contributed by atoms with Crippen LogP contribution in [0.2, 0.25) is 0 Å². The summed E-state index contributed by atoms with van der Waals surface area (Å²) < 4.78 is 0. The number of hydrogen-bond acceptors (Lipinski definition) is 3. The molecule has 0 aromatic rings. The first-order valence-electron chi connectivity index (χ1n) is 6.62. The molecule has 0 radical (unpaired) electrons. The highest BCUT2D eigenvalue weighted by atomic mass is 16.2. The van der Waals surface area contributed by atoms with E-state index in [4.69, 9.17) is 5.26 Å². The fourth-order valence-corrected chi connectivity index (χ4v) is 2.61. The van der Waals surface area contributed by atoms with Crippen LogP contribution in [-0.4, -0.2) is 24.4 Å². The molecule has 0 aliphatic heterocycles. The van der Waals surface area contributed by atoms with Gasteiger partial charge in [-0.05, 0) is 19.8 Å². The molecule has 0 N–H and O–H groups in total. The van der Waals surface area contributed by atoms with Gasteiger partial charge in [0.25, 0.3) is 0 Å². The van der Waals surface area contributed by atoms with Gasteiger partial charge in [0.15, 0.2) is 0 Å². The zero-order valence-corrected chi connectivity index (χ0v) is 11.3. The van der Waals surface area contributed by atoms with E-state index in [1.165, 1.54) is 0 Å². The van der Waals surface area contributed by atoms with E-state index in [-0.39, 0.29) is 11.8 Å². The molecule has 4 nitrogen and oxygen atoms in total. The largest absolute Gasteiger partial charge is 0.343 e. The third kappa shape index (κ3) is 3.23. The number of nitrogens with zero attached hydrogens (tertiary/aromatic N) is 3. The van der Waals surface area contributed by atoms with Gasteiger partial charge < -0.3 is 4.90 Å². The van der Waals surface area contributed by atoms with Crippen LogP contribution in [0, 0.1) is 34.0 Å². The summed E-state index contributed by atoms with van der Waals surface area (Å²) in [4.78, 5) is 14.0. The third-order valence-corrected chi connectivity index (χ3v) is 3.70. The van der Waals surface area contributed by atoms with E-state index in [0.29, 0.717) is 19.4 Å². The number of rotatable bonds is 3. The van der Waals surface area contributed by atoms with E-state index in [1.807, 2.05) is 0 Å². The average Bonchev–Trinajstić information content (AvgIpc) is 2.63. The highest BCUT2D eigenvalue weighted by molar-refractivity contribution is 5.85. The Morgan fingerprint density at radius 3 is 2.28 bits per heavy atom. The summed E-state index contributed by atoms with van der Waals surface area (Å²) in [6.07, 6.45) is 5.42. The molecule has 18 heavy (non-hydrogen) atoms. The van der Waals surface area contributed by atoms with Crippen molar-refractivity contribution in [1.29, 1.82) is 10.5 Å². The Balaban J connectivity index is 2.78. The first kappa shape index (κ1) is 14.5. The van der Waals surface area contributed by atoms with Crippen LogP contribution in [-0.2, 0) is 4.79 Å². The van der Waals surface area contributed by atoms with Gasteiger partial charge >= 0.3 is 0 Å². The lowest BCUT2D eigenvalue weighted by molar-refractivity contribution is -0.138. The molecule has 1 atom stereocenters. The number of carbonyl (C=O) groups is 1. The Hall–Kier alpha value is -1.55. The minimum atomic E-state index is -0.847. The summed E-state index contributed by atoms with van der Waals surface area (Å²) in [6.45, 7) is 2.19. The fraction of sp³-hybridized carbons (Fsp3) is 0.786. The van der Waals surface area contributed by atoms with Crippen LogP contribution in [0.5, 0.6) is 0 Å². The molecule has 0 bridgehead atoms. The molecule has 1 amide bonds. The smallest absolute Gasteiger partial charge is 0.242 e. The van der Waals surface area contributed by atoms with Gasteiger partial charge in [-0.25, -0.2) is 0 Å². The van der Waals surface area contributed by atoms with Crippen molar-refractivity contribution >= 4 is 5.91 Å². The second-order valence-corrected chi connectivity index (χ2v) is 5.32. The Morgan fingerprint density at radius 1 is 1.28 bits per heavy atom. The Kier molecular flexibility index (Phi) is 5.16. The van der Waals surface area contributed by atoms with Crippen molar-refractivity contribution in [1.82, 2.24) is 4.90 Å². The first-order chi connectivity index (χ1) is 8.55.